The molecule has 11 heteroatoms. The highest BCUT2D eigenvalue weighted by atomic mass is 16.6. The number of ether oxygens (including phenoxy) is 6. The average molecular weight is 379 g/mol. The smallest absolute Gasteiger partial charge is 0.214 e. The molecule has 1 N–H and O–H groups in total. The van der Waals surface area contributed by atoms with Gasteiger partial charge in [0, 0.05) is 12.4 Å². The molecule has 26 heavy (non-hydrogen) atoms. The highest BCUT2D eigenvalue weighted by Crippen LogP contribution is 1.85. The molecule has 0 saturated carbocycles. The Kier molecular flexibility index (Phi) is 20.4. The monoisotopic (exact) mass is 379 g/mol. The fourth-order valence-corrected chi connectivity index (χ4v) is 1.51. The van der Waals surface area contributed by atoms with Crippen molar-refractivity contribution in [2.24, 2.45) is 5.11 Å². The number of hydrogen-bond acceptors (Lipinski definition) is 10. The Balaban J connectivity index is 3.00. The number of carbonyl (C=O) groups excluding carboxylic acids is 1. The van der Waals surface area contributed by atoms with Crippen LogP contribution in [-0.2, 0) is 33.2 Å². The summed E-state index contributed by atoms with van der Waals surface area (Å²) in [6.07, 6.45) is -0.108. The van der Waals surface area contributed by atoms with E-state index < -0.39 is 5.97 Å². The SMILES string of the molecule is N=[N+]=NCCOCCOCCOCCOCCOCCOCCC(=O)[O-]. The van der Waals surface area contributed by atoms with Crippen LogP contribution in [-0.4, -0.2) is 91.8 Å². The van der Waals surface area contributed by atoms with E-state index >= 15 is 0 Å². The lowest BCUT2D eigenvalue weighted by atomic mass is 10.5. The number of nitrogens with zero attached hydrogens (tertiary/aromatic N) is 2. The summed E-state index contributed by atoms with van der Waals surface area (Å²) in [5.74, 6) is -1.12. The Morgan fingerprint density at radius 2 is 1.04 bits per heavy atom. The summed E-state index contributed by atoms with van der Waals surface area (Å²) in [7, 11) is 0. The summed E-state index contributed by atoms with van der Waals surface area (Å²) in [5.41, 5.74) is 6.45. The maximum absolute atomic E-state index is 10.1. The maximum atomic E-state index is 10.1. The van der Waals surface area contributed by atoms with Crippen molar-refractivity contribution in [1.82, 2.24) is 4.91 Å². The summed E-state index contributed by atoms with van der Waals surface area (Å²) in [6, 6.07) is 0. The summed E-state index contributed by atoms with van der Waals surface area (Å²) in [5, 5.41) is 13.6. The third kappa shape index (κ3) is 22.5. The lowest BCUT2D eigenvalue weighted by Crippen LogP contribution is -2.24. The molecule has 0 saturated heterocycles. The molecule has 0 fully saturated rings. The van der Waals surface area contributed by atoms with Gasteiger partial charge in [-0.05, 0) is 0 Å². The van der Waals surface area contributed by atoms with Crippen molar-refractivity contribution >= 4 is 5.97 Å². The van der Waals surface area contributed by atoms with Gasteiger partial charge in [0.25, 0.3) is 0 Å². The van der Waals surface area contributed by atoms with E-state index in [1.807, 2.05) is 0 Å². The van der Waals surface area contributed by atoms with Gasteiger partial charge in [-0.1, -0.05) is 0 Å². The molecule has 0 amide bonds. The molecule has 0 atom stereocenters. The van der Waals surface area contributed by atoms with Gasteiger partial charge in [0.15, 0.2) is 0 Å². The molecule has 0 heterocycles. The van der Waals surface area contributed by atoms with Gasteiger partial charge in [0.2, 0.25) is 4.91 Å². The number of nitrogens with one attached hydrogen (secondary N) is 1. The summed E-state index contributed by atoms with van der Waals surface area (Å²) in [4.78, 5) is 13.0. The van der Waals surface area contributed by atoms with E-state index in [9.17, 15) is 9.90 Å². The molecule has 0 radical (unpaired) electrons. The molecular weight excluding hydrogens is 350 g/mol. The number of hydrogen-bond donors (Lipinski definition) is 1. The Morgan fingerprint density at radius 1 is 0.692 bits per heavy atom. The van der Waals surface area contributed by atoms with Crippen molar-refractivity contribution in [3.8, 4) is 0 Å². The molecule has 0 aliphatic heterocycles. The van der Waals surface area contributed by atoms with Gasteiger partial charge in [0.1, 0.15) is 17.2 Å². The molecule has 0 unspecified atom stereocenters. The number of carboxylic acids is 1. The van der Waals surface area contributed by atoms with Crippen LogP contribution in [0.1, 0.15) is 6.42 Å². The van der Waals surface area contributed by atoms with Crippen LogP contribution < -0.4 is 10.0 Å². The Labute approximate surface area is 153 Å². The topological polar surface area (TPSA) is 146 Å². The van der Waals surface area contributed by atoms with E-state index in [1.54, 1.807) is 0 Å². The third-order valence-electron chi connectivity index (χ3n) is 2.72. The van der Waals surface area contributed by atoms with E-state index in [4.69, 9.17) is 34.0 Å². The second-order valence-corrected chi connectivity index (χ2v) is 4.76. The minimum Gasteiger partial charge on any atom is -0.550 e. The van der Waals surface area contributed by atoms with Crippen LogP contribution in [0.4, 0.5) is 0 Å². The van der Waals surface area contributed by atoms with Crippen LogP contribution in [0.5, 0.6) is 0 Å². The highest BCUT2D eigenvalue weighted by Gasteiger charge is 1.95. The molecule has 0 aliphatic carbocycles. The van der Waals surface area contributed by atoms with Crippen molar-refractivity contribution in [2.75, 3.05) is 85.8 Å². The largest absolute Gasteiger partial charge is 0.550 e. The molecule has 0 aromatic carbocycles. The molecule has 0 spiro atoms. The molecule has 11 nitrogen and oxygen atoms in total. The molecule has 0 aliphatic rings. The van der Waals surface area contributed by atoms with Crippen LogP contribution in [0.25, 0.3) is 0 Å². The minimum atomic E-state index is -1.12. The average Bonchev–Trinajstić information content (AvgIpc) is 2.62. The highest BCUT2D eigenvalue weighted by molar-refractivity contribution is 5.64. The fraction of sp³-hybridized carbons (Fsp3) is 0.933. The van der Waals surface area contributed by atoms with E-state index in [0.29, 0.717) is 79.2 Å². The van der Waals surface area contributed by atoms with Crippen molar-refractivity contribution in [3.05, 3.63) is 0 Å². The molecule has 0 bridgehead atoms. The quantitative estimate of drug-likeness (QED) is 0.148. The van der Waals surface area contributed by atoms with Gasteiger partial charge < -0.3 is 38.3 Å². The fourth-order valence-electron chi connectivity index (χ4n) is 1.51. The van der Waals surface area contributed by atoms with Gasteiger partial charge in [0.05, 0.1) is 79.3 Å². The second-order valence-electron chi connectivity index (χ2n) is 4.76. The first-order valence-electron chi connectivity index (χ1n) is 8.47. The summed E-state index contributed by atoms with van der Waals surface area (Å²) in [6.45, 7) is 5.44. The van der Waals surface area contributed by atoms with Crippen molar-refractivity contribution < 1.29 is 38.3 Å². The number of carboxylic acid groups (broad SMARTS) is 1. The van der Waals surface area contributed by atoms with Gasteiger partial charge in [-0.3, -0.25) is 0 Å². The first kappa shape index (κ1) is 24.5. The molecule has 0 aromatic rings. The lowest BCUT2D eigenvalue weighted by Gasteiger charge is -2.08. The molecule has 0 aromatic heterocycles. The van der Waals surface area contributed by atoms with Crippen molar-refractivity contribution in [3.63, 3.8) is 0 Å². The van der Waals surface area contributed by atoms with Crippen LogP contribution in [0.15, 0.2) is 5.11 Å². The number of rotatable bonds is 21. The van der Waals surface area contributed by atoms with Gasteiger partial charge in [-0.15, -0.1) is 0 Å². The predicted octanol–water partition coefficient (Wildman–Crippen LogP) is -1.22. The Hall–Kier alpha value is -1.46. The lowest BCUT2D eigenvalue weighted by molar-refractivity contribution is -0.306. The van der Waals surface area contributed by atoms with E-state index in [2.05, 4.69) is 10.0 Å². The normalized spacial score (nSPS) is 10.6. The molecule has 0 rings (SSSR count). The van der Waals surface area contributed by atoms with Crippen LogP contribution >= 0.6 is 0 Å². The zero-order valence-corrected chi connectivity index (χ0v) is 15.1. The zero-order valence-electron chi connectivity index (χ0n) is 15.1. The molecule has 152 valence electrons. The van der Waals surface area contributed by atoms with Gasteiger partial charge in [-0.2, -0.15) is 0 Å². The van der Waals surface area contributed by atoms with Gasteiger partial charge >= 0.3 is 0 Å². The van der Waals surface area contributed by atoms with E-state index in [-0.39, 0.29) is 13.0 Å². The van der Waals surface area contributed by atoms with Crippen LogP contribution in [0.2, 0.25) is 0 Å². The number of aliphatic carboxylic acids is 1. The Bertz CT molecular complexity index is 347. The Morgan fingerprint density at radius 3 is 1.38 bits per heavy atom. The maximum Gasteiger partial charge on any atom is 0.214 e. The predicted molar refractivity (Wildman–Crippen MR) is 86.7 cm³/mol. The first-order valence-corrected chi connectivity index (χ1v) is 8.47. The van der Waals surface area contributed by atoms with Gasteiger partial charge in [-0.25, -0.2) is 0 Å². The second kappa shape index (κ2) is 21.6. The van der Waals surface area contributed by atoms with Crippen LogP contribution in [0.3, 0.4) is 0 Å². The minimum absolute atomic E-state index is 0.108. The van der Waals surface area contributed by atoms with E-state index in [1.165, 1.54) is 0 Å². The first-order chi connectivity index (χ1) is 12.8. The summed E-state index contributed by atoms with van der Waals surface area (Å²) >= 11 is 0. The summed E-state index contributed by atoms with van der Waals surface area (Å²) < 4.78 is 31.4. The zero-order chi connectivity index (χ0) is 19.1. The van der Waals surface area contributed by atoms with Crippen molar-refractivity contribution in [1.29, 1.82) is 5.53 Å². The third-order valence-corrected chi connectivity index (χ3v) is 2.72. The van der Waals surface area contributed by atoms with E-state index in [0.717, 1.165) is 0 Å². The van der Waals surface area contributed by atoms with Crippen LogP contribution in [0, 0.1) is 5.53 Å². The molecular formula is C15H29N3O8. The number of carbonyl (C=O) groups is 1. The van der Waals surface area contributed by atoms with Crippen molar-refractivity contribution in [2.45, 2.75) is 6.42 Å². The standard InChI is InChI=1S/C15H29N3O8/c16-18-17-2-4-22-6-8-24-10-12-26-14-13-25-11-9-23-7-5-21-3-1-15(19)20/h16H,1-14H2.